The number of nitrogens with zero attached hydrogens (tertiary/aromatic N) is 2. The zero-order valence-corrected chi connectivity index (χ0v) is 16.7. The molecule has 0 spiro atoms. The van der Waals surface area contributed by atoms with Gasteiger partial charge >= 0.3 is 7.12 Å². The maximum absolute atomic E-state index is 8.98. The Morgan fingerprint density at radius 2 is 1.38 bits per heavy atom. The summed E-state index contributed by atoms with van der Waals surface area (Å²) in [5, 5.41) is 18.0. The van der Waals surface area contributed by atoms with Crippen molar-refractivity contribution in [3.63, 3.8) is 0 Å². The van der Waals surface area contributed by atoms with Crippen LogP contribution in [-0.2, 0) is 9.47 Å². The summed E-state index contributed by atoms with van der Waals surface area (Å²) in [5.41, 5.74) is 2.01. The summed E-state index contributed by atoms with van der Waals surface area (Å²) in [6.45, 7) is 4.03. The molecule has 2 heterocycles. The summed E-state index contributed by atoms with van der Waals surface area (Å²) in [6.07, 6.45) is 6.29. The molecule has 0 aliphatic carbocycles. The van der Waals surface area contributed by atoms with Crippen LogP contribution < -0.4 is 14.9 Å². The highest BCUT2D eigenvalue weighted by Gasteiger charge is 2.16. The van der Waals surface area contributed by atoms with Crippen LogP contribution in [0.1, 0.15) is 11.1 Å². The lowest BCUT2D eigenvalue weighted by atomic mass is 9.78. The number of hydrogen-bond donors (Lipinski definition) is 2. The van der Waals surface area contributed by atoms with Gasteiger partial charge in [0.15, 0.2) is 13.6 Å². The fourth-order valence-corrected chi connectivity index (χ4v) is 2.11. The summed E-state index contributed by atoms with van der Waals surface area (Å²) in [4.78, 5) is 7.79. The number of methoxy groups -OCH3 is 2. The van der Waals surface area contributed by atoms with Crippen LogP contribution in [0.15, 0.2) is 29.3 Å². The van der Waals surface area contributed by atoms with Crippen molar-refractivity contribution >= 4 is 28.5 Å². The Morgan fingerprint density at radius 1 is 0.885 bits per heavy atom. The standard InChI is InChI=1S/C8H12BNO4.C8H10BrNO2/c1-6-7(9(11)12)3-10-4-8(6)14-5-13-2;1-6-7(9)3-10-4-8(6)12-5-11-2/h3-4,11-12H,5H2,1-2H3;3-4H,5H2,1-2H3. The molecule has 0 fully saturated rings. The number of aromatic nitrogens is 2. The van der Waals surface area contributed by atoms with E-state index in [1.165, 1.54) is 19.5 Å². The second-order valence-electron chi connectivity index (χ2n) is 5.07. The van der Waals surface area contributed by atoms with Gasteiger partial charge in [-0.25, -0.2) is 0 Å². The Hall–Kier alpha value is -1.72. The molecule has 0 aromatic carbocycles. The number of pyridine rings is 2. The predicted molar refractivity (Wildman–Crippen MR) is 100 cm³/mol. The van der Waals surface area contributed by atoms with Crippen LogP contribution in [0.2, 0.25) is 0 Å². The summed E-state index contributed by atoms with van der Waals surface area (Å²) >= 11 is 3.35. The molecule has 2 aromatic rings. The highest BCUT2D eigenvalue weighted by molar-refractivity contribution is 9.10. The van der Waals surface area contributed by atoms with E-state index in [0.29, 0.717) is 16.8 Å². The third kappa shape index (κ3) is 6.89. The van der Waals surface area contributed by atoms with Gasteiger partial charge in [0.05, 0.1) is 12.4 Å². The third-order valence-electron chi connectivity index (χ3n) is 3.26. The van der Waals surface area contributed by atoms with Crippen molar-refractivity contribution in [3.8, 4) is 11.5 Å². The highest BCUT2D eigenvalue weighted by Crippen LogP contribution is 2.23. The maximum atomic E-state index is 8.98. The van der Waals surface area contributed by atoms with Crippen LogP contribution in [-0.4, -0.2) is 54.9 Å². The molecular weight excluding hydrogens is 407 g/mol. The van der Waals surface area contributed by atoms with Crippen molar-refractivity contribution in [3.05, 3.63) is 40.4 Å². The van der Waals surface area contributed by atoms with Crippen LogP contribution in [0, 0.1) is 13.8 Å². The normalized spacial score (nSPS) is 9.96. The molecule has 2 aromatic heterocycles. The molecule has 0 amide bonds. The topological polar surface area (TPSA) is 103 Å². The van der Waals surface area contributed by atoms with E-state index in [0.717, 1.165) is 15.8 Å². The third-order valence-corrected chi connectivity index (χ3v) is 4.06. The lowest BCUT2D eigenvalue weighted by Crippen LogP contribution is -2.32. The molecule has 0 atom stereocenters. The van der Waals surface area contributed by atoms with E-state index in [-0.39, 0.29) is 13.6 Å². The molecular formula is C16H22BBrN2O6. The molecule has 8 nitrogen and oxygen atoms in total. The van der Waals surface area contributed by atoms with Crippen LogP contribution in [0.4, 0.5) is 0 Å². The Kier molecular flexibility index (Phi) is 10.1. The fraction of sp³-hybridized carbons (Fsp3) is 0.375. The molecule has 0 radical (unpaired) electrons. The van der Waals surface area contributed by atoms with Crippen molar-refractivity contribution in [2.24, 2.45) is 0 Å². The minimum absolute atomic E-state index is 0.105. The second kappa shape index (κ2) is 11.8. The van der Waals surface area contributed by atoms with E-state index in [1.807, 2.05) is 6.92 Å². The van der Waals surface area contributed by atoms with E-state index in [1.54, 1.807) is 26.4 Å². The Bertz CT molecular complexity index is 690. The van der Waals surface area contributed by atoms with E-state index < -0.39 is 7.12 Å². The SMILES string of the molecule is COCOc1cncc(B(O)O)c1C.COCOc1cncc(Br)c1C. The van der Waals surface area contributed by atoms with Crippen LogP contribution in [0.5, 0.6) is 11.5 Å². The monoisotopic (exact) mass is 428 g/mol. The zero-order valence-electron chi connectivity index (χ0n) is 15.1. The Labute approximate surface area is 161 Å². The lowest BCUT2D eigenvalue weighted by molar-refractivity contribution is 0.0502. The molecule has 0 saturated heterocycles. The van der Waals surface area contributed by atoms with Gasteiger partial charge in [0.2, 0.25) is 0 Å². The van der Waals surface area contributed by atoms with Crippen molar-refractivity contribution in [1.29, 1.82) is 0 Å². The maximum Gasteiger partial charge on any atom is 0.490 e. The molecule has 2 rings (SSSR count). The van der Waals surface area contributed by atoms with Crippen LogP contribution >= 0.6 is 15.9 Å². The largest absolute Gasteiger partial charge is 0.490 e. The van der Waals surface area contributed by atoms with E-state index in [4.69, 9.17) is 29.0 Å². The number of rotatable bonds is 7. The van der Waals surface area contributed by atoms with Crippen LogP contribution in [0.3, 0.4) is 0 Å². The first-order chi connectivity index (χ1) is 12.4. The molecule has 0 bridgehead atoms. The zero-order chi connectivity index (χ0) is 19.5. The van der Waals surface area contributed by atoms with Gasteiger partial charge in [0, 0.05) is 42.1 Å². The first-order valence-electron chi connectivity index (χ1n) is 7.56. The molecule has 0 aliphatic heterocycles. The second-order valence-corrected chi connectivity index (χ2v) is 5.93. The van der Waals surface area contributed by atoms with E-state index in [9.17, 15) is 0 Å². The average molecular weight is 429 g/mol. The molecule has 0 aliphatic rings. The lowest BCUT2D eigenvalue weighted by Gasteiger charge is -2.10. The Balaban J connectivity index is 0.000000263. The summed E-state index contributed by atoms with van der Waals surface area (Å²) < 4.78 is 20.9. The molecule has 142 valence electrons. The van der Waals surface area contributed by atoms with Gasteiger partial charge in [0.1, 0.15) is 11.5 Å². The van der Waals surface area contributed by atoms with Crippen molar-refractivity contribution < 1.29 is 29.0 Å². The van der Waals surface area contributed by atoms with E-state index in [2.05, 4.69) is 25.9 Å². The number of hydrogen-bond acceptors (Lipinski definition) is 8. The molecule has 0 saturated carbocycles. The van der Waals surface area contributed by atoms with Gasteiger partial charge in [-0.2, -0.15) is 0 Å². The van der Waals surface area contributed by atoms with Crippen LogP contribution in [0.25, 0.3) is 0 Å². The van der Waals surface area contributed by atoms with Gasteiger partial charge in [-0.3, -0.25) is 9.97 Å². The minimum atomic E-state index is -1.53. The minimum Gasteiger partial charge on any atom is -0.466 e. The average Bonchev–Trinajstić information content (AvgIpc) is 2.62. The smallest absolute Gasteiger partial charge is 0.466 e. The summed E-state index contributed by atoms with van der Waals surface area (Å²) in [7, 11) is 1.56. The first kappa shape index (κ1) is 22.3. The predicted octanol–water partition coefficient (Wildman–Crippen LogP) is 1.19. The quantitative estimate of drug-likeness (QED) is 0.500. The van der Waals surface area contributed by atoms with Gasteiger partial charge < -0.3 is 29.0 Å². The van der Waals surface area contributed by atoms with Gasteiger partial charge in [0.25, 0.3) is 0 Å². The van der Waals surface area contributed by atoms with E-state index >= 15 is 0 Å². The molecule has 10 heteroatoms. The number of halogens is 1. The summed E-state index contributed by atoms with van der Waals surface area (Å²) in [5.74, 6) is 1.23. The molecule has 0 unspecified atom stereocenters. The van der Waals surface area contributed by atoms with Gasteiger partial charge in [-0.1, -0.05) is 0 Å². The van der Waals surface area contributed by atoms with Crippen molar-refractivity contribution in [2.75, 3.05) is 27.8 Å². The van der Waals surface area contributed by atoms with Crippen molar-refractivity contribution in [2.45, 2.75) is 13.8 Å². The molecule has 2 N–H and O–H groups in total. The highest BCUT2D eigenvalue weighted by atomic mass is 79.9. The van der Waals surface area contributed by atoms with Gasteiger partial charge in [-0.15, -0.1) is 0 Å². The summed E-state index contributed by atoms with van der Waals surface area (Å²) in [6, 6.07) is 0. The van der Waals surface area contributed by atoms with Crippen molar-refractivity contribution in [1.82, 2.24) is 9.97 Å². The number of ether oxygens (including phenoxy) is 4. The fourth-order valence-electron chi connectivity index (χ4n) is 1.80. The first-order valence-corrected chi connectivity index (χ1v) is 8.35. The Morgan fingerprint density at radius 3 is 1.88 bits per heavy atom. The van der Waals surface area contributed by atoms with Gasteiger partial charge in [-0.05, 0) is 35.3 Å². The molecule has 26 heavy (non-hydrogen) atoms.